The quantitative estimate of drug-likeness (QED) is 0.762. The molecule has 0 bridgehead atoms. The lowest BCUT2D eigenvalue weighted by molar-refractivity contribution is 0.103. The number of hydrogen-bond donors (Lipinski definition) is 1. The predicted molar refractivity (Wildman–Crippen MR) is 93.9 cm³/mol. The van der Waals surface area contributed by atoms with Crippen molar-refractivity contribution in [3.05, 3.63) is 64.2 Å². The van der Waals surface area contributed by atoms with Crippen LogP contribution in [0.4, 0.5) is 10.1 Å². The van der Waals surface area contributed by atoms with Crippen LogP contribution in [0.25, 0.3) is 10.6 Å². The summed E-state index contributed by atoms with van der Waals surface area (Å²) in [4.78, 5) is 21.4. The molecule has 0 spiro atoms. The molecule has 4 nitrogen and oxygen atoms in total. The van der Waals surface area contributed by atoms with Gasteiger partial charge in [-0.25, -0.2) is 9.37 Å². The summed E-state index contributed by atoms with van der Waals surface area (Å²) in [7, 11) is 0. The normalized spacial score (nSPS) is 10.7. The second kappa shape index (κ2) is 6.49. The number of thiazole rings is 1. The van der Waals surface area contributed by atoms with E-state index in [1.165, 1.54) is 12.3 Å². The molecule has 0 aliphatic heterocycles. The van der Waals surface area contributed by atoms with Crippen LogP contribution in [0.1, 0.15) is 26.6 Å². The molecule has 0 aliphatic rings. The number of carbonyl (C=O) groups excluding carboxylic acids is 1. The predicted octanol–water partition coefficient (Wildman–Crippen LogP) is 4.52. The number of anilines is 1. The Hall–Kier alpha value is -2.60. The van der Waals surface area contributed by atoms with Crippen LogP contribution in [-0.4, -0.2) is 15.9 Å². The van der Waals surface area contributed by atoms with Gasteiger partial charge in [-0.2, -0.15) is 0 Å². The van der Waals surface area contributed by atoms with Crippen LogP contribution in [0.2, 0.25) is 0 Å². The molecule has 0 fully saturated rings. The second-order valence-corrected chi connectivity index (χ2v) is 6.54. The molecule has 122 valence electrons. The number of amides is 1. The molecular weight excluding hydrogens is 325 g/mol. The smallest absolute Gasteiger partial charge is 0.267 e. The van der Waals surface area contributed by atoms with Crippen molar-refractivity contribution in [2.24, 2.45) is 0 Å². The van der Waals surface area contributed by atoms with Crippen molar-refractivity contribution in [2.75, 3.05) is 5.32 Å². The summed E-state index contributed by atoms with van der Waals surface area (Å²) in [6.45, 7) is 5.69. The first kappa shape index (κ1) is 16.3. The van der Waals surface area contributed by atoms with Crippen molar-refractivity contribution in [2.45, 2.75) is 20.8 Å². The molecule has 3 aromatic rings. The van der Waals surface area contributed by atoms with E-state index in [1.54, 1.807) is 18.2 Å². The Morgan fingerprint density at radius 3 is 2.67 bits per heavy atom. The third-order valence-electron chi connectivity index (χ3n) is 3.60. The van der Waals surface area contributed by atoms with Crippen LogP contribution < -0.4 is 5.32 Å². The molecule has 0 atom stereocenters. The van der Waals surface area contributed by atoms with Crippen LogP contribution in [0.15, 0.2) is 36.5 Å². The highest BCUT2D eigenvalue weighted by atomic mass is 32.1. The van der Waals surface area contributed by atoms with Crippen molar-refractivity contribution in [3.8, 4) is 10.6 Å². The molecule has 1 aromatic carbocycles. The van der Waals surface area contributed by atoms with Gasteiger partial charge in [-0.3, -0.25) is 9.78 Å². The van der Waals surface area contributed by atoms with Gasteiger partial charge < -0.3 is 5.32 Å². The number of nitrogens with zero attached hydrogens (tertiary/aromatic N) is 2. The van der Waals surface area contributed by atoms with Gasteiger partial charge in [0.1, 0.15) is 15.7 Å². The fraction of sp³-hybridized carbons (Fsp3) is 0.167. The lowest BCUT2D eigenvalue weighted by Gasteiger charge is -2.11. The zero-order chi connectivity index (χ0) is 17.3. The Balaban J connectivity index is 1.86. The van der Waals surface area contributed by atoms with Crippen molar-refractivity contribution in [3.63, 3.8) is 0 Å². The van der Waals surface area contributed by atoms with E-state index in [4.69, 9.17) is 0 Å². The molecule has 0 unspecified atom stereocenters. The fourth-order valence-corrected chi connectivity index (χ4v) is 3.36. The van der Waals surface area contributed by atoms with Crippen LogP contribution in [0.5, 0.6) is 0 Å². The van der Waals surface area contributed by atoms with E-state index in [0.717, 1.165) is 28.3 Å². The summed E-state index contributed by atoms with van der Waals surface area (Å²) in [6.07, 6.45) is 1.47. The van der Waals surface area contributed by atoms with Crippen LogP contribution >= 0.6 is 11.3 Å². The molecule has 0 radical (unpaired) electrons. The summed E-state index contributed by atoms with van der Waals surface area (Å²) >= 11 is 1.16. The van der Waals surface area contributed by atoms with Gasteiger partial charge in [0.25, 0.3) is 5.91 Å². The summed E-state index contributed by atoms with van der Waals surface area (Å²) in [5.41, 5.74) is 3.71. The van der Waals surface area contributed by atoms with Gasteiger partial charge in [0.15, 0.2) is 0 Å². The van der Waals surface area contributed by atoms with Crippen molar-refractivity contribution >= 4 is 22.9 Å². The first-order chi connectivity index (χ1) is 11.5. The van der Waals surface area contributed by atoms with Crippen molar-refractivity contribution in [1.82, 2.24) is 9.97 Å². The highest BCUT2D eigenvalue weighted by Crippen LogP contribution is 2.28. The maximum absolute atomic E-state index is 13.8. The summed E-state index contributed by atoms with van der Waals surface area (Å²) in [5, 5.41) is 3.36. The molecule has 1 N–H and O–H groups in total. The third-order valence-corrected chi connectivity index (χ3v) is 4.63. The number of aromatic nitrogens is 2. The van der Waals surface area contributed by atoms with Gasteiger partial charge in [-0.15, -0.1) is 11.3 Å². The van der Waals surface area contributed by atoms with E-state index in [9.17, 15) is 9.18 Å². The van der Waals surface area contributed by atoms with Gasteiger partial charge in [0.05, 0.1) is 17.6 Å². The number of carbonyl (C=O) groups is 1. The van der Waals surface area contributed by atoms with Gasteiger partial charge in [0.2, 0.25) is 0 Å². The Morgan fingerprint density at radius 1 is 1.21 bits per heavy atom. The topological polar surface area (TPSA) is 54.9 Å². The largest absolute Gasteiger partial charge is 0.319 e. The molecule has 0 saturated heterocycles. The minimum Gasteiger partial charge on any atom is -0.319 e. The number of benzene rings is 1. The zero-order valence-corrected chi connectivity index (χ0v) is 14.4. The average Bonchev–Trinajstić information content (AvgIpc) is 3.01. The number of rotatable bonds is 3. The highest BCUT2D eigenvalue weighted by Gasteiger charge is 2.16. The maximum Gasteiger partial charge on any atom is 0.267 e. The first-order valence-corrected chi connectivity index (χ1v) is 8.24. The van der Waals surface area contributed by atoms with Gasteiger partial charge >= 0.3 is 0 Å². The standard InChI is InChI=1S/C18H16FN3OS/c1-10-8-11(2)21-12(3)16(10)22-17(23)15-9-20-18(24-15)13-6-4-5-7-14(13)19/h4-9H,1-3H3,(H,22,23). The SMILES string of the molecule is Cc1cc(C)c(NC(=O)c2cnc(-c3ccccc3F)s2)c(C)n1. The molecule has 6 heteroatoms. The van der Waals surface area contributed by atoms with Crippen LogP contribution in [-0.2, 0) is 0 Å². The lowest BCUT2D eigenvalue weighted by Crippen LogP contribution is -2.13. The molecule has 1 amide bonds. The maximum atomic E-state index is 13.8. The average molecular weight is 341 g/mol. The minimum atomic E-state index is -0.353. The zero-order valence-electron chi connectivity index (χ0n) is 13.6. The molecular formula is C18H16FN3OS. The molecule has 0 saturated carbocycles. The number of pyridine rings is 1. The van der Waals surface area contributed by atoms with Gasteiger partial charge in [-0.05, 0) is 44.5 Å². The van der Waals surface area contributed by atoms with Crippen LogP contribution in [0, 0.1) is 26.6 Å². The van der Waals surface area contributed by atoms with E-state index < -0.39 is 0 Å². The van der Waals surface area contributed by atoms with Crippen molar-refractivity contribution < 1.29 is 9.18 Å². The van der Waals surface area contributed by atoms with Gasteiger partial charge in [0, 0.05) is 11.3 Å². The fourth-order valence-electron chi connectivity index (χ4n) is 2.53. The summed E-state index contributed by atoms with van der Waals surface area (Å²) in [6, 6.07) is 8.30. The second-order valence-electron chi connectivity index (χ2n) is 5.50. The molecule has 2 aromatic heterocycles. The minimum absolute atomic E-state index is 0.271. The number of aryl methyl sites for hydroxylation is 3. The van der Waals surface area contributed by atoms with E-state index >= 15 is 0 Å². The Kier molecular flexibility index (Phi) is 4.40. The number of halogens is 1. The third kappa shape index (κ3) is 3.19. The Labute approximate surface area is 143 Å². The van der Waals surface area contributed by atoms with Crippen molar-refractivity contribution in [1.29, 1.82) is 0 Å². The van der Waals surface area contributed by atoms with Gasteiger partial charge in [-0.1, -0.05) is 12.1 Å². The summed E-state index contributed by atoms with van der Waals surface area (Å²) in [5.74, 6) is -0.625. The molecule has 2 heterocycles. The highest BCUT2D eigenvalue weighted by molar-refractivity contribution is 7.17. The molecule has 0 aliphatic carbocycles. The Bertz CT molecular complexity index is 897. The number of nitrogens with one attached hydrogen (secondary N) is 1. The van der Waals surface area contributed by atoms with E-state index in [-0.39, 0.29) is 11.7 Å². The number of hydrogen-bond acceptors (Lipinski definition) is 4. The first-order valence-electron chi connectivity index (χ1n) is 7.42. The monoisotopic (exact) mass is 341 g/mol. The van der Waals surface area contributed by atoms with E-state index in [0.29, 0.717) is 21.1 Å². The van der Waals surface area contributed by atoms with E-state index in [1.807, 2.05) is 26.8 Å². The summed E-state index contributed by atoms with van der Waals surface area (Å²) < 4.78 is 13.8. The molecule has 3 rings (SSSR count). The Morgan fingerprint density at radius 2 is 1.96 bits per heavy atom. The lowest BCUT2D eigenvalue weighted by atomic mass is 10.1. The van der Waals surface area contributed by atoms with E-state index in [2.05, 4.69) is 15.3 Å². The van der Waals surface area contributed by atoms with Crippen LogP contribution in [0.3, 0.4) is 0 Å². The molecule has 24 heavy (non-hydrogen) atoms.